The zero-order valence-electron chi connectivity index (χ0n) is 15.7. The number of amides is 2. The lowest BCUT2D eigenvalue weighted by Crippen LogP contribution is -2.47. The Morgan fingerprint density at radius 1 is 1.20 bits per heavy atom. The van der Waals surface area contributed by atoms with Gasteiger partial charge < -0.3 is 15.2 Å². The van der Waals surface area contributed by atoms with Crippen LogP contribution in [0.2, 0.25) is 0 Å². The minimum Gasteiger partial charge on any atom is -0.337 e. The van der Waals surface area contributed by atoms with E-state index in [4.69, 9.17) is 4.52 Å². The van der Waals surface area contributed by atoms with Crippen LogP contribution >= 0.6 is 0 Å². The molecule has 3 saturated carbocycles. The molecule has 6 atom stereocenters. The van der Waals surface area contributed by atoms with E-state index >= 15 is 0 Å². The summed E-state index contributed by atoms with van der Waals surface area (Å²) in [4.78, 5) is 16.9. The third-order valence-corrected chi connectivity index (χ3v) is 6.58. The summed E-state index contributed by atoms with van der Waals surface area (Å²) in [6, 6.07) is -0.0686. The summed E-state index contributed by atoms with van der Waals surface area (Å²) in [6.07, 6.45) is 6.62. The van der Waals surface area contributed by atoms with E-state index in [1.54, 1.807) is 0 Å². The molecule has 0 unspecified atom stereocenters. The number of fused-ring (bicyclic) bond motifs is 5. The van der Waals surface area contributed by atoms with Gasteiger partial charge in [0.15, 0.2) is 5.82 Å². The van der Waals surface area contributed by atoms with Crippen molar-refractivity contribution in [3.05, 3.63) is 11.7 Å². The average molecular weight is 346 g/mol. The van der Waals surface area contributed by atoms with Gasteiger partial charge in [-0.15, -0.1) is 0 Å². The summed E-state index contributed by atoms with van der Waals surface area (Å²) in [5, 5.41) is 10.2. The topological polar surface area (TPSA) is 80.0 Å². The van der Waals surface area contributed by atoms with Crippen molar-refractivity contribution >= 4 is 6.03 Å². The number of hydrogen-bond acceptors (Lipinski definition) is 4. The first-order chi connectivity index (χ1) is 11.8. The smallest absolute Gasteiger partial charge is 0.315 e. The summed E-state index contributed by atoms with van der Waals surface area (Å²) in [7, 11) is 0. The highest BCUT2D eigenvalue weighted by Crippen LogP contribution is 2.58. The maximum atomic E-state index is 12.4. The van der Waals surface area contributed by atoms with Crippen molar-refractivity contribution in [1.82, 2.24) is 20.8 Å². The molecule has 2 amide bonds. The van der Waals surface area contributed by atoms with Crippen molar-refractivity contribution in [3.63, 3.8) is 0 Å². The Bertz CT molecular complexity index is 650. The molecule has 2 N–H and O–H groups in total. The van der Waals surface area contributed by atoms with Gasteiger partial charge in [0.2, 0.25) is 5.89 Å². The van der Waals surface area contributed by atoms with Crippen molar-refractivity contribution in [2.24, 2.45) is 23.7 Å². The number of nitrogens with zero attached hydrogens (tertiary/aromatic N) is 2. The molecule has 1 aromatic heterocycles. The molecule has 0 spiro atoms. The van der Waals surface area contributed by atoms with E-state index in [1.165, 1.54) is 25.7 Å². The molecule has 3 aliphatic carbocycles. The van der Waals surface area contributed by atoms with Gasteiger partial charge in [0.05, 0.1) is 0 Å². The van der Waals surface area contributed by atoms with Gasteiger partial charge in [0, 0.05) is 11.5 Å². The Kier molecular flexibility index (Phi) is 4.04. The zero-order valence-corrected chi connectivity index (χ0v) is 15.7. The first-order valence-electron chi connectivity index (χ1n) is 9.74. The molecule has 138 valence electrons. The van der Waals surface area contributed by atoms with Crippen LogP contribution in [0.3, 0.4) is 0 Å². The predicted octanol–water partition coefficient (Wildman–Crippen LogP) is 3.55. The number of hydrogen-bond donors (Lipinski definition) is 2. The van der Waals surface area contributed by atoms with Crippen LogP contribution in [0.1, 0.15) is 77.6 Å². The molecule has 0 saturated heterocycles. The van der Waals surface area contributed by atoms with E-state index in [0.29, 0.717) is 23.7 Å². The normalized spacial score (nSPS) is 34.8. The number of aromatic nitrogens is 2. The molecule has 1 aromatic rings. The first-order valence-corrected chi connectivity index (χ1v) is 9.74. The molecule has 2 bridgehead atoms. The molecule has 3 fully saturated rings. The van der Waals surface area contributed by atoms with Crippen LogP contribution in [0.4, 0.5) is 4.79 Å². The molecule has 0 radical (unpaired) electrons. The van der Waals surface area contributed by atoms with E-state index < -0.39 is 0 Å². The molecule has 4 rings (SSSR count). The highest BCUT2D eigenvalue weighted by Gasteiger charge is 2.54. The van der Waals surface area contributed by atoms with Crippen LogP contribution in [0.15, 0.2) is 4.52 Å². The maximum absolute atomic E-state index is 12.4. The second-order valence-electron chi connectivity index (χ2n) is 9.31. The third-order valence-electron chi connectivity index (χ3n) is 6.58. The number of nitrogens with one attached hydrogen (secondary N) is 2. The van der Waals surface area contributed by atoms with Gasteiger partial charge in [0.25, 0.3) is 0 Å². The van der Waals surface area contributed by atoms with Crippen molar-refractivity contribution in [2.45, 2.75) is 77.3 Å². The first kappa shape index (κ1) is 16.9. The van der Waals surface area contributed by atoms with Crippen molar-refractivity contribution in [3.8, 4) is 0 Å². The molecular weight excluding hydrogens is 316 g/mol. The third kappa shape index (κ3) is 3.04. The Morgan fingerprint density at radius 3 is 2.68 bits per heavy atom. The lowest BCUT2D eigenvalue weighted by molar-refractivity contribution is 0.195. The summed E-state index contributed by atoms with van der Waals surface area (Å²) in [6.45, 7) is 8.00. The quantitative estimate of drug-likeness (QED) is 0.877. The lowest BCUT2D eigenvalue weighted by Gasteiger charge is -2.32. The van der Waals surface area contributed by atoms with Gasteiger partial charge in [-0.1, -0.05) is 32.3 Å². The molecule has 0 aliphatic heterocycles. The van der Waals surface area contributed by atoms with Crippen molar-refractivity contribution in [2.75, 3.05) is 0 Å². The van der Waals surface area contributed by atoms with Gasteiger partial charge in [-0.3, -0.25) is 0 Å². The van der Waals surface area contributed by atoms with Gasteiger partial charge in [-0.25, -0.2) is 4.79 Å². The number of carbonyl (C=O) groups excluding carboxylic acids is 1. The van der Waals surface area contributed by atoms with Crippen LogP contribution in [0, 0.1) is 23.7 Å². The lowest BCUT2D eigenvalue weighted by atomic mass is 9.79. The van der Waals surface area contributed by atoms with Gasteiger partial charge in [-0.05, 0) is 56.3 Å². The van der Waals surface area contributed by atoms with Crippen LogP contribution in [-0.4, -0.2) is 22.2 Å². The molecule has 25 heavy (non-hydrogen) atoms. The zero-order chi connectivity index (χ0) is 17.8. The van der Waals surface area contributed by atoms with Crippen molar-refractivity contribution in [1.29, 1.82) is 0 Å². The summed E-state index contributed by atoms with van der Waals surface area (Å²) >= 11 is 0. The fourth-order valence-electron chi connectivity index (χ4n) is 5.42. The molecule has 3 aliphatic rings. The van der Waals surface area contributed by atoms with Crippen LogP contribution in [0.5, 0.6) is 0 Å². The van der Waals surface area contributed by atoms with Crippen molar-refractivity contribution < 1.29 is 9.32 Å². The number of carbonyl (C=O) groups is 1. The maximum Gasteiger partial charge on any atom is 0.315 e. The highest BCUT2D eigenvalue weighted by molar-refractivity contribution is 5.74. The molecule has 1 heterocycles. The Labute approximate surface area is 149 Å². The molecule has 6 heteroatoms. The van der Waals surface area contributed by atoms with E-state index in [9.17, 15) is 4.79 Å². The van der Waals surface area contributed by atoms with Crippen LogP contribution < -0.4 is 10.6 Å². The van der Waals surface area contributed by atoms with E-state index in [0.717, 1.165) is 24.2 Å². The summed E-state index contributed by atoms with van der Waals surface area (Å²) in [5.74, 6) is 4.45. The fourth-order valence-corrected chi connectivity index (χ4v) is 5.42. The average Bonchev–Trinajstić information content (AvgIpc) is 3.27. The second kappa shape index (κ2) is 5.99. The van der Waals surface area contributed by atoms with Gasteiger partial charge >= 0.3 is 6.03 Å². The van der Waals surface area contributed by atoms with E-state index in [1.807, 2.05) is 27.7 Å². The summed E-state index contributed by atoms with van der Waals surface area (Å²) in [5.41, 5.74) is -0.162. The predicted molar refractivity (Wildman–Crippen MR) is 93.9 cm³/mol. The minimum atomic E-state index is -0.290. The molecule has 6 nitrogen and oxygen atoms in total. The van der Waals surface area contributed by atoms with E-state index in [2.05, 4.69) is 20.8 Å². The fraction of sp³-hybridized carbons (Fsp3) is 0.842. The minimum absolute atomic E-state index is 0.116. The molecule has 0 aromatic carbocycles. The number of urea groups is 1. The Hall–Kier alpha value is -1.59. The van der Waals surface area contributed by atoms with Crippen LogP contribution in [0.25, 0.3) is 0 Å². The summed E-state index contributed by atoms with van der Waals surface area (Å²) < 4.78 is 5.33. The Balaban J connectivity index is 1.33. The Morgan fingerprint density at radius 2 is 1.96 bits per heavy atom. The van der Waals surface area contributed by atoms with Gasteiger partial charge in [-0.2, -0.15) is 4.98 Å². The van der Waals surface area contributed by atoms with Crippen LogP contribution in [-0.2, 0) is 5.41 Å². The monoisotopic (exact) mass is 346 g/mol. The standard InChI is InChI=1S/C19H30N4O2/c1-10(16-22-17(23-25-16)19(2,3)4)20-18(24)21-15-9-11-8-14(15)13-7-5-6-12(11)13/h10-15H,5-9H2,1-4H3,(H2,20,21,24)/t10-,11+,12+,13+,14-,15+/m0/s1. The van der Waals surface area contributed by atoms with E-state index in [-0.39, 0.29) is 17.5 Å². The molecular formula is C19H30N4O2. The highest BCUT2D eigenvalue weighted by atomic mass is 16.5. The number of rotatable bonds is 3. The SMILES string of the molecule is C[C@H](NC(=O)N[C@@H]1C[C@H]2C[C@H]1[C@@H]1CCC[C@H]21)c1nc(C(C)(C)C)no1. The van der Waals surface area contributed by atoms with Gasteiger partial charge in [0.1, 0.15) is 6.04 Å². The largest absolute Gasteiger partial charge is 0.337 e. The second-order valence-corrected chi connectivity index (χ2v) is 9.31.